The number of thiazole rings is 1. The summed E-state index contributed by atoms with van der Waals surface area (Å²) in [5.74, 6) is 0.848. The van der Waals surface area contributed by atoms with Gasteiger partial charge >= 0.3 is 6.03 Å². The molecule has 8 nitrogen and oxygen atoms in total. The van der Waals surface area contributed by atoms with E-state index in [9.17, 15) is 9.59 Å². The zero-order valence-corrected chi connectivity index (χ0v) is 15.4. The first kappa shape index (κ1) is 17.8. The van der Waals surface area contributed by atoms with Crippen LogP contribution in [-0.2, 0) is 0 Å². The molecule has 0 fully saturated rings. The molecule has 9 heteroatoms. The first-order valence-electron chi connectivity index (χ1n) is 8.47. The molecule has 4 rings (SSSR count). The highest BCUT2D eigenvalue weighted by Crippen LogP contribution is 2.32. The summed E-state index contributed by atoms with van der Waals surface area (Å²) < 4.78 is 11.0. The van der Waals surface area contributed by atoms with E-state index in [1.165, 1.54) is 0 Å². The fourth-order valence-corrected chi connectivity index (χ4v) is 3.22. The maximum Gasteiger partial charge on any atom is 0.325 e. The van der Waals surface area contributed by atoms with Gasteiger partial charge in [-0.1, -0.05) is 18.2 Å². The molecule has 3 aromatic rings. The molecule has 0 saturated carbocycles. The lowest BCUT2D eigenvalue weighted by Gasteiger charge is -2.18. The molecule has 0 atom stereocenters. The number of hydrogen-bond donors (Lipinski definition) is 3. The van der Waals surface area contributed by atoms with E-state index in [1.54, 1.807) is 35.7 Å². The zero-order chi connectivity index (χ0) is 19.3. The molecular weight excluding hydrogens is 380 g/mol. The molecular formula is C19H16N4O4S. The van der Waals surface area contributed by atoms with Crippen molar-refractivity contribution in [3.63, 3.8) is 0 Å². The van der Waals surface area contributed by atoms with E-state index in [-0.39, 0.29) is 11.6 Å². The van der Waals surface area contributed by atoms with Crippen LogP contribution in [0.4, 0.5) is 21.3 Å². The molecule has 1 aliphatic heterocycles. The van der Waals surface area contributed by atoms with Crippen LogP contribution in [-0.4, -0.2) is 30.1 Å². The van der Waals surface area contributed by atoms with Gasteiger partial charge in [0.25, 0.3) is 5.91 Å². The molecule has 0 radical (unpaired) electrons. The summed E-state index contributed by atoms with van der Waals surface area (Å²) in [5, 5.41) is 9.95. The first-order valence-corrected chi connectivity index (χ1v) is 9.35. The third-order valence-corrected chi connectivity index (χ3v) is 4.55. The third kappa shape index (κ3) is 4.21. The van der Waals surface area contributed by atoms with E-state index in [0.717, 1.165) is 11.3 Å². The van der Waals surface area contributed by atoms with E-state index in [2.05, 4.69) is 20.9 Å². The number of fused-ring (bicyclic) bond motifs is 1. The fraction of sp³-hybridized carbons (Fsp3) is 0.105. The Balaban J connectivity index is 1.37. The number of para-hydroxylation sites is 1. The Labute approximate surface area is 164 Å². The first-order chi connectivity index (χ1) is 13.7. The van der Waals surface area contributed by atoms with Crippen LogP contribution < -0.4 is 25.4 Å². The topological polar surface area (TPSA) is 102 Å². The van der Waals surface area contributed by atoms with Crippen molar-refractivity contribution in [3.8, 4) is 11.5 Å². The summed E-state index contributed by atoms with van der Waals surface area (Å²) in [6, 6.07) is 13.8. The van der Waals surface area contributed by atoms with Crippen molar-refractivity contribution in [2.75, 3.05) is 29.2 Å². The van der Waals surface area contributed by atoms with Crippen LogP contribution >= 0.6 is 11.3 Å². The number of aromatic nitrogens is 1. The van der Waals surface area contributed by atoms with E-state index in [1.807, 2.05) is 18.2 Å². The van der Waals surface area contributed by atoms with Crippen molar-refractivity contribution in [3.05, 3.63) is 59.6 Å². The van der Waals surface area contributed by atoms with Crippen molar-refractivity contribution in [2.45, 2.75) is 0 Å². The predicted molar refractivity (Wildman–Crippen MR) is 107 cm³/mol. The summed E-state index contributed by atoms with van der Waals surface area (Å²) in [6.45, 7) is 0.974. The molecule has 0 bridgehead atoms. The molecule has 2 aromatic carbocycles. The molecule has 2 heterocycles. The summed E-state index contributed by atoms with van der Waals surface area (Å²) in [7, 11) is 0. The predicted octanol–water partition coefficient (Wildman–Crippen LogP) is 3.81. The van der Waals surface area contributed by atoms with Gasteiger partial charge in [-0.15, -0.1) is 11.3 Å². The van der Waals surface area contributed by atoms with Gasteiger partial charge in [0.2, 0.25) is 0 Å². The number of nitrogens with one attached hydrogen (secondary N) is 3. The smallest absolute Gasteiger partial charge is 0.325 e. The van der Waals surface area contributed by atoms with Crippen molar-refractivity contribution < 1.29 is 19.1 Å². The van der Waals surface area contributed by atoms with E-state index in [4.69, 9.17) is 9.47 Å². The second kappa shape index (κ2) is 7.97. The van der Waals surface area contributed by atoms with Crippen molar-refractivity contribution in [1.29, 1.82) is 0 Å². The second-order valence-electron chi connectivity index (χ2n) is 5.80. The molecule has 1 aromatic heterocycles. The number of hydrogen-bond acceptors (Lipinski definition) is 6. The van der Waals surface area contributed by atoms with Gasteiger partial charge in [0.05, 0.1) is 0 Å². The zero-order valence-electron chi connectivity index (χ0n) is 14.6. The number of benzene rings is 2. The summed E-state index contributed by atoms with van der Waals surface area (Å²) in [5.41, 5.74) is 1.43. The number of carbonyl (C=O) groups excluding carboxylic acids is 2. The standard InChI is InChI=1S/C19H16N4O4S/c24-17(20-13-6-7-15-16(10-13)27-9-8-26-15)14-11-28-19(22-14)23-18(25)21-12-4-2-1-3-5-12/h1-7,10-11H,8-9H2,(H,20,24)(H2,21,22,23,25). The Bertz CT molecular complexity index is 1010. The van der Waals surface area contributed by atoms with Gasteiger partial charge in [0.1, 0.15) is 18.9 Å². The van der Waals surface area contributed by atoms with Gasteiger partial charge in [-0.2, -0.15) is 0 Å². The monoisotopic (exact) mass is 396 g/mol. The number of ether oxygens (including phenoxy) is 2. The van der Waals surface area contributed by atoms with Crippen molar-refractivity contribution in [2.24, 2.45) is 0 Å². The number of carbonyl (C=O) groups is 2. The van der Waals surface area contributed by atoms with Gasteiger partial charge < -0.3 is 20.1 Å². The minimum atomic E-state index is -0.431. The molecule has 0 saturated heterocycles. The Morgan fingerprint density at radius 3 is 2.50 bits per heavy atom. The quantitative estimate of drug-likeness (QED) is 0.622. The summed E-state index contributed by atoms with van der Waals surface area (Å²) >= 11 is 1.16. The average molecular weight is 396 g/mol. The summed E-state index contributed by atoms with van der Waals surface area (Å²) in [4.78, 5) is 28.6. The SMILES string of the molecule is O=C(Nc1ccccc1)Nc1nc(C(=O)Nc2ccc3c(c2)OCCO3)cs1. The van der Waals surface area contributed by atoms with Crippen molar-refractivity contribution in [1.82, 2.24) is 4.98 Å². The van der Waals surface area contributed by atoms with Gasteiger partial charge in [-0.05, 0) is 24.3 Å². The minimum Gasteiger partial charge on any atom is -0.486 e. The highest BCUT2D eigenvalue weighted by molar-refractivity contribution is 7.14. The second-order valence-corrected chi connectivity index (χ2v) is 6.65. The number of amides is 3. The average Bonchev–Trinajstić information content (AvgIpc) is 3.17. The highest BCUT2D eigenvalue weighted by Gasteiger charge is 2.16. The minimum absolute atomic E-state index is 0.204. The lowest BCUT2D eigenvalue weighted by molar-refractivity contribution is 0.102. The molecule has 142 valence electrons. The lowest BCUT2D eigenvalue weighted by Crippen LogP contribution is -2.19. The molecule has 1 aliphatic rings. The Kier molecular flexibility index (Phi) is 5.07. The molecule has 0 unspecified atom stereocenters. The normalized spacial score (nSPS) is 12.1. The lowest BCUT2D eigenvalue weighted by atomic mass is 10.2. The van der Waals surface area contributed by atoms with Gasteiger partial charge in [0.15, 0.2) is 16.6 Å². The largest absolute Gasteiger partial charge is 0.486 e. The number of urea groups is 1. The molecule has 28 heavy (non-hydrogen) atoms. The van der Waals surface area contributed by atoms with E-state index >= 15 is 0 Å². The number of rotatable bonds is 4. The Morgan fingerprint density at radius 2 is 1.68 bits per heavy atom. The Hall–Kier alpha value is -3.59. The third-order valence-electron chi connectivity index (χ3n) is 3.79. The highest BCUT2D eigenvalue weighted by atomic mass is 32.1. The van der Waals surface area contributed by atoms with Gasteiger partial charge in [0, 0.05) is 22.8 Å². The number of nitrogens with zero attached hydrogens (tertiary/aromatic N) is 1. The van der Waals surface area contributed by atoms with Crippen LogP contribution in [0.5, 0.6) is 11.5 Å². The maximum atomic E-state index is 12.4. The van der Waals surface area contributed by atoms with Crippen LogP contribution in [0.2, 0.25) is 0 Å². The van der Waals surface area contributed by atoms with Gasteiger partial charge in [-0.25, -0.2) is 9.78 Å². The van der Waals surface area contributed by atoms with Crippen LogP contribution in [0.15, 0.2) is 53.9 Å². The van der Waals surface area contributed by atoms with Crippen LogP contribution in [0.25, 0.3) is 0 Å². The van der Waals surface area contributed by atoms with Crippen LogP contribution in [0.3, 0.4) is 0 Å². The van der Waals surface area contributed by atoms with Crippen LogP contribution in [0.1, 0.15) is 10.5 Å². The maximum absolute atomic E-state index is 12.4. The molecule has 0 spiro atoms. The van der Waals surface area contributed by atoms with Crippen LogP contribution in [0, 0.1) is 0 Å². The van der Waals surface area contributed by atoms with E-state index in [0.29, 0.717) is 41.2 Å². The molecule has 3 N–H and O–H groups in total. The van der Waals surface area contributed by atoms with Crippen molar-refractivity contribution >= 4 is 39.8 Å². The summed E-state index contributed by atoms with van der Waals surface area (Å²) in [6.07, 6.45) is 0. The fourth-order valence-electron chi connectivity index (χ4n) is 2.53. The van der Waals surface area contributed by atoms with Gasteiger partial charge in [-0.3, -0.25) is 10.1 Å². The Morgan fingerprint density at radius 1 is 0.893 bits per heavy atom. The van der Waals surface area contributed by atoms with E-state index < -0.39 is 6.03 Å². The molecule has 0 aliphatic carbocycles. The number of anilines is 3. The molecule has 3 amide bonds.